The van der Waals surface area contributed by atoms with E-state index >= 15 is 0 Å². The Kier molecular flexibility index (Phi) is 6.49. The number of aromatic hydroxyl groups is 1. The number of hydrogen-bond acceptors (Lipinski definition) is 4. The Morgan fingerprint density at radius 3 is 2.57 bits per heavy atom. The van der Waals surface area contributed by atoms with Gasteiger partial charge in [-0.05, 0) is 44.5 Å². The van der Waals surface area contributed by atoms with Crippen molar-refractivity contribution < 1.29 is 5.11 Å². The SMILES string of the molecule is CC(CCc1ccc(O)cc1)N(C)CCN1CCNCC1. The van der Waals surface area contributed by atoms with Gasteiger partial charge in [-0.15, -0.1) is 0 Å². The second-order valence-corrected chi connectivity index (χ2v) is 6.13. The molecule has 1 unspecified atom stereocenters. The fourth-order valence-corrected chi connectivity index (χ4v) is 2.71. The normalized spacial score (nSPS) is 18.0. The maximum Gasteiger partial charge on any atom is 0.115 e. The van der Waals surface area contributed by atoms with E-state index in [9.17, 15) is 5.11 Å². The molecule has 0 saturated carbocycles. The second-order valence-electron chi connectivity index (χ2n) is 6.13. The Morgan fingerprint density at radius 2 is 1.90 bits per heavy atom. The molecule has 2 rings (SSSR count). The van der Waals surface area contributed by atoms with Gasteiger partial charge >= 0.3 is 0 Å². The van der Waals surface area contributed by atoms with E-state index in [1.807, 2.05) is 12.1 Å². The molecule has 1 saturated heterocycles. The van der Waals surface area contributed by atoms with E-state index in [4.69, 9.17) is 0 Å². The van der Waals surface area contributed by atoms with Gasteiger partial charge in [0.25, 0.3) is 0 Å². The summed E-state index contributed by atoms with van der Waals surface area (Å²) >= 11 is 0. The first kappa shape index (κ1) is 16.3. The number of phenols is 1. The van der Waals surface area contributed by atoms with Gasteiger partial charge in [0.1, 0.15) is 5.75 Å². The molecule has 21 heavy (non-hydrogen) atoms. The first-order valence-corrected chi connectivity index (χ1v) is 8.06. The van der Waals surface area contributed by atoms with E-state index in [0.29, 0.717) is 11.8 Å². The number of hydrogen-bond donors (Lipinski definition) is 2. The Morgan fingerprint density at radius 1 is 1.24 bits per heavy atom. The molecular weight excluding hydrogens is 262 g/mol. The molecule has 1 aromatic carbocycles. The summed E-state index contributed by atoms with van der Waals surface area (Å²) in [5.41, 5.74) is 1.30. The number of nitrogens with one attached hydrogen (secondary N) is 1. The zero-order valence-electron chi connectivity index (χ0n) is 13.4. The third-order valence-corrected chi connectivity index (χ3v) is 4.52. The number of benzene rings is 1. The molecule has 1 aromatic rings. The topological polar surface area (TPSA) is 38.7 Å². The number of likely N-dealkylation sites (N-methyl/N-ethyl adjacent to an activating group) is 1. The van der Waals surface area contributed by atoms with Crippen LogP contribution in [0, 0.1) is 0 Å². The lowest BCUT2D eigenvalue weighted by Crippen LogP contribution is -2.46. The molecule has 0 aliphatic carbocycles. The lowest BCUT2D eigenvalue weighted by Gasteiger charge is -2.31. The fourth-order valence-electron chi connectivity index (χ4n) is 2.71. The molecule has 4 nitrogen and oxygen atoms in total. The van der Waals surface area contributed by atoms with Crippen LogP contribution in [-0.2, 0) is 6.42 Å². The van der Waals surface area contributed by atoms with Crippen LogP contribution < -0.4 is 5.32 Å². The number of phenolic OH excluding ortho intramolecular Hbond substituents is 1. The highest BCUT2D eigenvalue weighted by Crippen LogP contribution is 2.13. The van der Waals surface area contributed by atoms with E-state index in [2.05, 4.69) is 29.1 Å². The minimum Gasteiger partial charge on any atom is -0.508 e. The zero-order valence-corrected chi connectivity index (χ0v) is 13.4. The molecule has 0 aromatic heterocycles. The van der Waals surface area contributed by atoms with Crippen LogP contribution in [0.4, 0.5) is 0 Å². The average Bonchev–Trinajstić information content (AvgIpc) is 2.52. The summed E-state index contributed by atoms with van der Waals surface area (Å²) in [5, 5.41) is 12.7. The second kappa shape index (κ2) is 8.37. The summed E-state index contributed by atoms with van der Waals surface area (Å²) < 4.78 is 0. The van der Waals surface area contributed by atoms with Gasteiger partial charge in [0, 0.05) is 45.3 Å². The smallest absolute Gasteiger partial charge is 0.115 e. The Balaban J connectivity index is 1.66. The van der Waals surface area contributed by atoms with Crippen molar-refractivity contribution in [1.29, 1.82) is 0 Å². The Hall–Kier alpha value is -1.10. The minimum atomic E-state index is 0.347. The van der Waals surface area contributed by atoms with Gasteiger partial charge in [0.2, 0.25) is 0 Å². The molecular formula is C17H29N3O. The van der Waals surface area contributed by atoms with Crippen molar-refractivity contribution in [3.8, 4) is 5.75 Å². The van der Waals surface area contributed by atoms with Crippen LogP contribution in [0.2, 0.25) is 0 Å². The summed E-state index contributed by atoms with van der Waals surface area (Å²) in [5.74, 6) is 0.347. The summed E-state index contributed by atoms with van der Waals surface area (Å²) in [6.45, 7) is 9.21. The lowest BCUT2D eigenvalue weighted by atomic mass is 10.1. The maximum atomic E-state index is 9.30. The molecule has 0 amide bonds. The summed E-state index contributed by atoms with van der Waals surface area (Å²) in [4.78, 5) is 5.00. The van der Waals surface area contributed by atoms with Gasteiger partial charge in [0.05, 0.1) is 0 Å². The number of nitrogens with zero attached hydrogens (tertiary/aromatic N) is 2. The van der Waals surface area contributed by atoms with E-state index in [0.717, 1.165) is 32.5 Å². The molecule has 118 valence electrons. The molecule has 2 N–H and O–H groups in total. The van der Waals surface area contributed by atoms with Crippen molar-refractivity contribution in [2.24, 2.45) is 0 Å². The van der Waals surface area contributed by atoms with E-state index in [1.54, 1.807) is 12.1 Å². The molecule has 0 spiro atoms. The molecule has 1 aliphatic heterocycles. The molecule has 4 heteroatoms. The standard InChI is InChI=1S/C17H29N3O/c1-15(3-4-16-5-7-17(21)8-6-16)19(2)13-14-20-11-9-18-10-12-20/h5-8,15,18,21H,3-4,9-14H2,1-2H3. The minimum absolute atomic E-state index is 0.347. The first-order valence-electron chi connectivity index (χ1n) is 8.06. The predicted octanol–water partition coefficient (Wildman–Crippen LogP) is 1.55. The lowest BCUT2D eigenvalue weighted by molar-refractivity contribution is 0.178. The van der Waals surface area contributed by atoms with Crippen molar-refractivity contribution in [2.75, 3.05) is 46.3 Å². The highest BCUT2D eigenvalue weighted by molar-refractivity contribution is 5.25. The van der Waals surface area contributed by atoms with Crippen LogP contribution in [0.3, 0.4) is 0 Å². The number of aryl methyl sites for hydroxylation is 1. The number of piperazine rings is 1. The van der Waals surface area contributed by atoms with Gasteiger partial charge in [-0.1, -0.05) is 12.1 Å². The highest BCUT2D eigenvalue weighted by atomic mass is 16.3. The predicted molar refractivity (Wildman–Crippen MR) is 87.8 cm³/mol. The maximum absolute atomic E-state index is 9.30. The van der Waals surface area contributed by atoms with Crippen molar-refractivity contribution in [2.45, 2.75) is 25.8 Å². The molecule has 1 atom stereocenters. The third kappa shape index (κ3) is 5.65. The summed E-state index contributed by atoms with van der Waals surface area (Å²) in [6, 6.07) is 8.16. The van der Waals surface area contributed by atoms with Crippen molar-refractivity contribution in [3.63, 3.8) is 0 Å². The first-order chi connectivity index (χ1) is 10.1. The Bertz CT molecular complexity index is 401. The monoisotopic (exact) mass is 291 g/mol. The Labute approximate surface area is 128 Å². The van der Waals surface area contributed by atoms with Gasteiger partial charge < -0.3 is 15.3 Å². The summed E-state index contributed by atoms with van der Waals surface area (Å²) in [6.07, 6.45) is 2.22. The molecule has 1 aliphatic rings. The molecule has 1 fully saturated rings. The fraction of sp³-hybridized carbons (Fsp3) is 0.647. The van der Waals surface area contributed by atoms with E-state index in [-0.39, 0.29) is 0 Å². The average molecular weight is 291 g/mol. The van der Waals surface area contributed by atoms with Crippen LogP contribution in [0.1, 0.15) is 18.9 Å². The van der Waals surface area contributed by atoms with E-state index < -0.39 is 0 Å². The van der Waals surface area contributed by atoms with Crippen molar-refractivity contribution in [3.05, 3.63) is 29.8 Å². The van der Waals surface area contributed by atoms with Gasteiger partial charge in [0.15, 0.2) is 0 Å². The van der Waals surface area contributed by atoms with Crippen molar-refractivity contribution in [1.82, 2.24) is 15.1 Å². The largest absolute Gasteiger partial charge is 0.508 e. The van der Waals surface area contributed by atoms with E-state index in [1.165, 1.54) is 25.2 Å². The van der Waals surface area contributed by atoms with Crippen LogP contribution in [0.5, 0.6) is 5.75 Å². The van der Waals surface area contributed by atoms with Gasteiger partial charge in [-0.25, -0.2) is 0 Å². The summed E-state index contributed by atoms with van der Waals surface area (Å²) in [7, 11) is 2.23. The van der Waals surface area contributed by atoms with Crippen molar-refractivity contribution >= 4 is 0 Å². The third-order valence-electron chi connectivity index (χ3n) is 4.52. The molecule has 0 bridgehead atoms. The van der Waals surface area contributed by atoms with Crippen LogP contribution >= 0.6 is 0 Å². The van der Waals surface area contributed by atoms with Gasteiger partial charge in [-0.3, -0.25) is 4.90 Å². The number of rotatable bonds is 7. The molecule has 0 radical (unpaired) electrons. The quantitative estimate of drug-likeness (QED) is 0.799. The van der Waals surface area contributed by atoms with Crippen LogP contribution in [0.15, 0.2) is 24.3 Å². The van der Waals surface area contributed by atoms with Crippen LogP contribution in [-0.4, -0.2) is 67.3 Å². The highest BCUT2D eigenvalue weighted by Gasteiger charge is 2.13. The van der Waals surface area contributed by atoms with Gasteiger partial charge in [-0.2, -0.15) is 0 Å². The van der Waals surface area contributed by atoms with Crippen LogP contribution in [0.25, 0.3) is 0 Å². The molecule has 1 heterocycles. The zero-order chi connectivity index (χ0) is 15.1.